The predicted molar refractivity (Wildman–Crippen MR) is 78.8 cm³/mol. The van der Waals surface area contributed by atoms with E-state index < -0.39 is 11.4 Å². The molecular formula is C15H20N4O2. The van der Waals surface area contributed by atoms with Gasteiger partial charge in [-0.3, -0.25) is 9.89 Å². The van der Waals surface area contributed by atoms with E-state index in [2.05, 4.69) is 20.5 Å². The number of hydrogen-bond acceptors (Lipinski definition) is 4. The molecule has 1 aromatic carbocycles. The molecule has 0 radical (unpaired) electrons. The fourth-order valence-electron chi connectivity index (χ4n) is 1.95. The summed E-state index contributed by atoms with van der Waals surface area (Å²) in [7, 11) is 0. The van der Waals surface area contributed by atoms with Crippen molar-refractivity contribution in [2.45, 2.75) is 32.2 Å². The summed E-state index contributed by atoms with van der Waals surface area (Å²) >= 11 is 0. The summed E-state index contributed by atoms with van der Waals surface area (Å²) in [6.45, 7) is 5.47. The van der Waals surface area contributed by atoms with Crippen molar-refractivity contribution >= 4 is 5.91 Å². The molecule has 1 atom stereocenters. The van der Waals surface area contributed by atoms with E-state index in [1.165, 1.54) is 0 Å². The summed E-state index contributed by atoms with van der Waals surface area (Å²) in [5.74, 6) is 0.482. The van der Waals surface area contributed by atoms with Gasteiger partial charge in [0, 0.05) is 5.92 Å². The molecule has 1 heterocycles. The first kappa shape index (κ1) is 15.2. The molecule has 0 saturated heterocycles. The van der Waals surface area contributed by atoms with Crippen molar-refractivity contribution in [2.24, 2.45) is 0 Å². The van der Waals surface area contributed by atoms with Crippen molar-refractivity contribution in [3.05, 3.63) is 47.5 Å². The molecule has 0 aliphatic rings. The van der Waals surface area contributed by atoms with Crippen molar-refractivity contribution in [2.75, 3.05) is 6.61 Å². The number of nitrogens with zero attached hydrogens (tertiary/aromatic N) is 2. The summed E-state index contributed by atoms with van der Waals surface area (Å²) in [6.07, 6.45) is 0. The topological polar surface area (TPSA) is 90.9 Å². The zero-order chi connectivity index (χ0) is 15.5. The van der Waals surface area contributed by atoms with Gasteiger partial charge in [-0.2, -0.15) is 0 Å². The number of aliphatic hydroxyl groups excluding tert-OH is 1. The molecule has 2 aromatic rings. The van der Waals surface area contributed by atoms with Crippen LogP contribution in [0.25, 0.3) is 0 Å². The first-order chi connectivity index (χ1) is 9.96. The highest BCUT2D eigenvalue weighted by Crippen LogP contribution is 2.20. The van der Waals surface area contributed by atoms with Gasteiger partial charge < -0.3 is 10.4 Å². The van der Waals surface area contributed by atoms with Crippen molar-refractivity contribution in [3.8, 4) is 0 Å². The van der Waals surface area contributed by atoms with Crippen molar-refractivity contribution in [3.63, 3.8) is 0 Å². The second-order valence-electron chi connectivity index (χ2n) is 5.51. The number of aromatic amines is 1. The van der Waals surface area contributed by atoms with E-state index in [9.17, 15) is 9.90 Å². The minimum absolute atomic E-state index is 0.0781. The minimum Gasteiger partial charge on any atom is -0.394 e. The fourth-order valence-corrected chi connectivity index (χ4v) is 1.95. The Balaban J connectivity index is 2.19. The Labute approximate surface area is 123 Å². The maximum absolute atomic E-state index is 12.3. The third-order valence-corrected chi connectivity index (χ3v) is 3.37. The van der Waals surface area contributed by atoms with E-state index in [-0.39, 0.29) is 18.3 Å². The van der Waals surface area contributed by atoms with Gasteiger partial charge in [0.1, 0.15) is 5.82 Å². The van der Waals surface area contributed by atoms with Gasteiger partial charge in [-0.25, -0.2) is 4.98 Å². The summed E-state index contributed by atoms with van der Waals surface area (Å²) in [5.41, 5.74) is -0.0581. The molecule has 0 fully saturated rings. The van der Waals surface area contributed by atoms with Gasteiger partial charge in [0.05, 0.1) is 12.1 Å². The summed E-state index contributed by atoms with van der Waals surface area (Å²) in [4.78, 5) is 16.4. The Morgan fingerprint density at radius 1 is 1.38 bits per heavy atom. The molecule has 6 nitrogen and oxygen atoms in total. The first-order valence-corrected chi connectivity index (χ1v) is 6.87. The second kappa shape index (κ2) is 6.05. The van der Waals surface area contributed by atoms with E-state index in [0.29, 0.717) is 5.82 Å². The Bertz CT molecular complexity index is 609. The van der Waals surface area contributed by atoms with Crippen LogP contribution in [0.1, 0.15) is 48.7 Å². The van der Waals surface area contributed by atoms with Gasteiger partial charge in [-0.05, 0) is 12.5 Å². The molecule has 2 rings (SSSR count). The van der Waals surface area contributed by atoms with E-state index in [0.717, 1.165) is 5.56 Å². The average molecular weight is 288 g/mol. The highest BCUT2D eigenvalue weighted by molar-refractivity contribution is 5.91. The number of carbonyl (C=O) groups excluding carboxylic acids is 1. The van der Waals surface area contributed by atoms with E-state index in [1.807, 2.05) is 44.2 Å². The third kappa shape index (κ3) is 3.28. The van der Waals surface area contributed by atoms with E-state index >= 15 is 0 Å². The maximum Gasteiger partial charge on any atom is 0.291 e. The molecule has 0 spiro atoms. The van der Waals surface area contributed by atoms with Crippen LogP contribution >= 0.6 is 0 Å². The minimum atomic E-state index is -0.878. The SMILES string of the molecule is CC(C)c1nc(C(=O)NC(C)(CO)c2ccccc2)n[nH]1. The Hall–Kier alpha value is -2.21. The zero-order valence-corrected chi connectivity index (χ0v) is 12.4. The van der Waals surface area contributed by atoms with Crippen LogP contribution in [0.4, 0.5) is 0 Å². The van der Waals surface area contributed by atoms with E-state index in [4.69, 9.17) is 0 Å². The van der Waals surface area contributed by atoms with Gasteiger partial charge in [0.2, 0.25) is 5.82 Å². The smallest absolute Gasteiger partial charge is 0.291 e. The summed E-state index contributed by atoms with van der Waals surface area (Å²) in [6, 6.07) is 9.31. The maximum atomic E-state index is 12.3. The number of hydrogen-bond donors (Lipinski definition) is 3. The number of H-pyrrole nitrogens is 1. The fraction of sp³-hybridized carbons (Fsp3) is 0.400. The van der Waals surface area contributed by atoms with Gasteiger partial charge in [-0.1, -0.05) is 44.2 Å². The quantitative estimate of drug-likeness (QED) is 0.778. The largest absolute Gasteiger partial charge is 0.394 e. The Morgan fingerprint density at radius 3 is 2.57 bits per heavy atom. The third-order valence-electron chi connectivity index (χ3n) is 3.37. The van der Waals surface area contributed by atoms with Crippen LogP contribution in [0, 0.1) is 0 Å². The number of benzene rings is 1. The number of rotatable bonds is 5. The highest BCUT2D eigenvalue weighted by atomic mass is 16.3. The monoisotopic (exact) mass is 288 g/mol. The summed E-state index contributed by atoms with van der Waals surface area (Å²) in [5, 5.41) is 19.1. The molecule has 0 aliphatic carbocycles. The van der Waals surface area contributed by atoms with Gasteiger partial charge in [0.15, 0.2) is 0 Å². The predicted octanol–water partition coefficient (Wildman–Crippen LogP) is 1.57. The lowest BCUT2D eigenvalue weighted by Gasteiger charge is -2.28. The molecule has 0 aliphatic heterocycles. The number of carbonyl (C=O) groups is 1. The molecule has 1 aromatic heterocycles. The van der Waals surface area contributed by atoms with Crippen LogP contribution in [0.5, 0.6) is 0 Å². The average Bonchev–Trinajstić information content (AvgIpc) is 2.98. The molecule has 0 bridgehead atoms. The highest BCUT2D eigenvalue weighted by Gasteiger charge is 2.29. The molecule has 112 valence electrons. The zero-order valence-electron chi connectivity index (χ0n) is 12.4. The molecule has 3 N–H and O–H groups in total. The van der Waals surface area contributed by atoms with Crippen LogP contribution in [0.3, 0.4) is 0 Å². The Morgan fingerprint density at radius 2 is 2.05 bits per heavy atom. The normalized spacial score (nSPS) is 14.0. The lowest BCUT2D eigenvalue weighted by Crippen LogP contribution is -2.46. The number of aliphatic hydroxyl groups is 1. The Kier molecular flexibility index (Phi) is 4.37. The van der Waals surface area contributed by atoms with Crippen LogP contribution in [-0.2, 0) is 5.54 Å². The van der Waals surface area contributed by atoms with Gasteiger partial charge in [0.25, 0.3) is 5.91 Å². The van der Waals surface area contributed by atoms with Crippen molar-refractivity contribution in [1.29, 1.82) is 0 Å². The van der Waals surface area contributed by atoms with Crippen LogP contribution in [-0.4, -0.2) is 32.8 Å². The lowest BCUT2D eigenvalue weighted by atomic mass is 9.93. The summed E-state index contributed by atoms with van der Waals surface area (Å²) < 4.78 is 0. The van der Waals surface area contributed by atoms with E-state index in [1.54, 1.807) is 6.92 Å². The lowest BCUT2D eigenvalue weighted by molar-refractivity contribution is 0.0839. The standard InChI is InChI=1S/C15H20N4O2/c1-10(2)12-16-13(19-18-12)14(21)17-15(3,9-20)11-7-5-4-6-8-11/h4-8,10,20H,9H2,1-3H3,(H,17,21)(H,16,18,19). The molecule has 6 heteroatoms. The number of nitrogens with one attached hydrogen (secondary N) is 2. The second-order valence-corrected chi connectivity index (χ2v) is 5.51. The van der Waals surface area contributed by atoms with Gasteiger partial charge in [-0.15, -0.1) is 5.10 Å². The molecule has 21 heavy (non-hydrogen) atoms. The van der Waals surface area contributed by atoms with Gasteiger partial charge >= 0.3 is 0 Å². The van der Waals surface area contributed by atoms with Crippen molar-refractivity contribution in [1.82, 2.24) is 20.5 Å². The van der Waals surface area contributed by atoms with Crippen LogP contribution < -0.4 is 5.32 Å². The number of aromatic nitrogens is 3. The molecule has 1 unspecified atom stereocenters. The molecule has 0 saturated carbocycles. The van der Waals surface area contributed by atoms with Crippen LogP contribution in [0.15, 0.2) is 30.3 Å². The molecular weight excluding hydrogens is 268 g/mol. The van der Waals surface area contributed by atoms with Crippen molar-refractivity contribution < 1.29 is 9.90 Å². The molecule has 1 amide bonds. The first-order valence-electron chi connectivity index (χ1n) is 6.87. The van der Waals surface area contributed by atoms with Crippen LogP contribution in [0.2, 0.25) is 0 Å². The number of amides is 1.